The van der Waals surface area contributed by atoms with Gasteiger partial charge in [0, 0.05) is 10.6 Å². The number of para-hydroxylation sites is 2. The summed E-state index contributed by atoms with van der Waals surface area (Å²) in [7, 11) is 0. The van der Waals surface area contributed by atoms with Crippen LogP contribution in [0.4, 0.5) is 5.69 Å². The monoisotopic (exact) mass is 352 g/mol. The number of nitrogens with zero attached hydrogens (tertiary/aromatic N) is 3. The van der Waals surface area contributed by atoms with E-state index in [-0.39, 0.29) is 12.5 Å². The van der Waals surface area contributed by atoms with E-state index in [4.69, 9.17) is 16.3 Å². The van der Waals surface area contributed by atoms with E-state index in [1.807, 2.05) is 24.3 Å². The van der Waals surface area contributed by atoms with Crippen LogP contribution in [0.5, 0.6) is 5.75 Å². The van der Waals surface area contributed by atoms with E-state index in [9.17, 15) is 4.79 Å². The highest BCUT2D eigenvalue weighted by molar-refractivity contribution is 6.30. The van der Waals surface area contributed by atoms with Crippen LogP contribution in [-0.2, 0) is 4.79 Å². The quantitative estimate of drug-likeness (QED) is 0.785. The minimum atomic E-state index is -0.238. The minimum absolute atomic E-state index is 0.200. The molecule has 0 bridgehead atoms. The maximum Gasteiger partial charge on any atom is 0.255 e. The molecule has 2 heterocycles. The lowest BCUT2D eigenvalue weighted by molar-refractivity contribution is -0.113. The second kappa shape index (κ2) is 6.41. The van der Waals surface area contributed by atoms with Gasteiger partial charge in [-0.3, -0.25) is 4.79 Å². The van der Waals surface area contributed by atoms with Gasteiger partial charge in [-0.2, -0.15) is 0 Å². The van der Waals surface area contributed by atoms with E-state index in [0.29, 0.717) is 22.0 Å². The molecule has 0 unspecified atom stereocenters. The van der Waals surface area contributed by atoms with Gasteiger partial charge in [0.1, 0.15) is 12.4 Å². The summed E-state index contributed by atoms with van der Waals surface area (Å²) < 4.78 is 7.23. The number of hydrogen-bond acceptors (Lipinski definition) is 4. The summed E-state index contributed by atoms with van der Waals surface area (Å²) in [6, 6.07) is 12.7. The number of hydrogen-bond donors (Lipinski definition) is 1. The number of aromatic nitrogens is 3. The number of amides is 1. The third kappa shape index (κ3) is 3.12. The van der Waals surface area contributed by atoms with Gasteiger partial charge in [-0.1, -0.05) is 28.9 Å². The lowest BCUT2D eigenvalue weighted by atomic mass is 10.1. The van der Waals surface area contributed by atoms with Crippen LogP contribution in [0.1, 0.15) is 5.56 Å². The summed E-state index contributed by atoms with van der Waals surface area (Å²) in [6.07, 6.45) is 5.08. The molecule has 4 rings (SSSR count). The summed E-state index contributed by atoms with van der Waals surface area (Å²) in [4.78, 5) is 12.6. The molecule has 1 amide bonds. The SMILES string of the molecule is O=C(Nc1ccccc1-n1ccnn1)C1=Cc2cc(Cl)ccc2OC1. The van der Waals surface area contributed by atoms with Crippen molar-refractivity contribution in [3.63, 3.8) is 0 Å². The molecule has 1 N–H and O–H groups in total. The Hall–Kier alpha value is -3.12. The fraction of sp³-hybridized carbons (Fsp3) is 0.0556. The van der Waals surface area contributed by atoms with Crippen molar-refractivity contribution in [3.05, 3.63) is 71.0 Å². The number of halogens is 1. The van der Waals surface area contributed by atoms with Crippen molar-refractivity contribution >= 4 is 29.3 Å². The Kier molecular flexibility index (Phi) is 3.95. The smallest absolute Gasteiger partial charge is 0.255 e. The molecule has 0 spiro atoms. The number of rotatable bonds is 3. The fourth-order valence-corrected chi connectivity index (χ4v) is 2.78. The van der Waals surface area contributed by atoms with E-state index in [2.05, 4.69) is 15.6 Å². The molecule has 0 radical (unpaired) electrons. The number of carbonyl (C=O) groups is 1. The third-order valence-corrected chi connectivity index (χ3v) is 4.03. The molecule has 1 aliphatic rings. The first-order chi connectivity index (χ1) is 12.2. The number of carbonyl (C=O) groups excluding carboxylic acids is 1. The lowest BCUT2D eigenvalue weighted by Gasteiger charge is -2.18. The van der Waals surface area contributed by atoms with Gasteiger partial charge in [-0.05, 0) is 36.4 Å². The molecular weight excluding hydrogens is 340 g/mol. The summed E-state index contributed by atoms with van der Waals surface area (Å²) in [6.45, 7) is 0.200. The Bertz CT molecular complexity index is 967. The van der Waals surface area contributed by atoms with Gasteiger partial charge in [0.05, 0.1) is 29.3 Å². The summed E-state index contributed by atoms with van der Waals surface area (Å²) in [5.74, 6) is 0.474. The van der Waals surface area contributed by atoms with E-state index < -0.39 is 0 Å². The zero-order chi connectivity index (χ0) is 17.2. The summed E-state index contributed by atoms with van der Waals surface area (Å²) >= 11 is 6.01. The molecular formula is C18H13ClN4O2. The van der Waals surface area contributed by atoms with Gasteiger partial charge in [0.15, 0.2) is 0 Å². The Morgan fingerprint density at radius 1 is 1.24 bits per heavy atom. The van der Waals surface area contributed by atoms with Crippen molar-refractivity contribution in [3.8, 4) is 11.4 Å². The van der Waals surface area contributed by atoms with Crippen LogP contribution in [0.3, 0.4) is 0 Å². The van der Waals surface area contributed by atoms with Crippen LogP contribution >= 0.6 is 11.6 Å². The van der Waals surface area contributed by atoms with Crippen LogP contribution in [-0.4, -0.2) is 27.5 Å². The van der Waals surface area contributed by atoms with Gasteiger partial charge in [0.2, 0.25) is 0 Å². The van der Waals surface area contributed by atoms with Crippen LogP contribution in [0.15, 0.2) is 60.4 Å². The van der Waals surface area contributed by atoms with Crippen LogP contribution in [0.2, 0.25) is 5.02 Å². The van der Waals surface area contributed by atoms with E-state index in [0.717, 1.165) is 11.3 Å². The van der Waals surface area contributed by atoms with Crippen LogP contribution in [0.25, 0.3) is 11.8 Å². The predicted molar refractivity (Wildman–Crippen MR) is 94.9 cm³/mol. The normalized spacial score (nSPS) is 12.8. The molecule has 0 fully saturated rings. The largest absolute Gasteiger partial charge is 0.488 e. The van der Waals surface area contributed by atoms with Gasteiger partial charge in [0.25, 0.3) is 5.91 Å². The number of fused-ring (bicyclic) bond motifs is 1. The summed E-state index contributed by atoms with van der Waals surface area (Å²) in [5.41, 5.74) is 2.67. The second-order valence-electron chi connectivity index (χ2n) is 5.46. The van der Waals surface area contributed by atoms with E-state index in [1.165, 1.54) is 0 Å². The molecule has 1 aliphatic heterocycles. The lowest BCUT2D eigenvalue weighted by Crippen LogP contribution is -2.22. The number of nitrogens with one attached hydrogen (secondary N) is 1. The first-order valence-corrected chi connectivity index (χ1v) is 7.98. The third-order valence-electron chi connectivity index (χ3n) is 3.80. The Labute approximate surface area is 148 Å². The maximum atomic E-state index is 12.6. The Morgan fingerprint density at radius 2 is 2.12 bits per heavy atom. The number of ether oxygens (including phenoxy) is 1. The van der Waals surface area contributed by atoms with Gasteiger partial charge in [-0.15, -0.1) is 5.10 Å². The zero-order valence-corrected chi connectivity index (χ0v) is 13.8. The van der Waals surface area contributed by atoms with Crippen LogP contribution in [0, 0.1) is 0 Å². The molecule has 0 saturated carbocycles. The molecule has 0 atom stereocenters. The summed E-state index contributed by atoms with van der Waals surface area (Å²) in [5, 5.41) is 11.3. The molecule has 0 saturated heterocycles. The molecule has 1 aromatic heterocycles. The fourth-order valence-electron chi connectivity index (χ4n) is 2.60. The zero-order valence-electron chi connectivity index (χ0n) is 13.0. The molecule has 3 aromatic rings. The van der Waals surface area contributed by atoms with Crippen molar-refractivity contribution in [1.29, 1.82) is 0 Å². The Morgan fingerprint density at radius 3 is 2.96 bits per heavy atom. The molecule has 0 aliphatic carbocycles. The average Bonchev–Trinajstić information content (AvgIpc) is 3.16. The second-order valence-corrected chi connectivity index (χ2v) is 5.90. The number of anilines is 1. The van der Waals surface area contributed by atoms with Gasteiger partial charge < -0.3 is 10.1 Å². The predicted octanol–water partition coefficient (Wildman–Crippen LogP) is 3.34. The molecule has 124 valence electrons. The van der Waals surface area contributed by atoms with Gasteiger partial charge >= 0.3 is 0 Å². The van der Waals surface area contributed by atoms with Gasteiger partial charge in [-0.25, -0.2) is 4.68 Å². The average molecular weight is 353 g/mol. The van der Waals surface area contributed by atoms with Crippen molar-refractivity contribution in [2.75, 3.05) is 11.9 Å². The molecule has 2 aromatic carbocycles. The highest BCUT2D eigenvalue weighted by atomic mass is 35.5. The van der Waals surface area contributed by atoms with Crippen molar-refractivity contribution < 1.29 is 9.53 Å². The molecule has 7 heteroatoms. The van der Waals surface area contributed by atoms with Crippen molar-refractivity contribution in [2.45, 2.75) is 0 Å². The topological polar surface area (TPSA) is 69.0 Å². The highest BCUT2D eigenvalue weighted by Gasteiger charge is 2.18. The molecule has 6 nitrogen and oxygen atoms in total. The van der Waals surface area contributed by atoms with E-state index in [1.54, 1.807) is 41.4 Å². The minimum Gasteiger partial charge on any atom is -0.488 e. The molecule has 25 heavy (non-hydrogen) atoms. The standard InChI is InChI=1S/C18H13ClN4O2/c19-14-5-6-17-12(10-14)9-13(11-25-17)18(24)21-15-3-1-2-4-16(15)23-8-7-20-22-23/h1-10H,11H2,(H,21,24). The van der Waals surface area contributed by atoms with E-state index >= 15 is 0 Å². The Balaban J connectivity index is 1.62. The number of benzene rings is 2. The first-order valence-electron chi connectivity index (χ1n) is 7.61. The first kappa shape index (κ1) is 15.4. The maximum absolute atomic E-state index is 12.6. The van der Waals surface area contributed by atoms with Crippen molar-refractivity contribution in [2.24, 2.45) is 0 Å². The van der Waals surface area contributed by atoms with Crippen LogP contribution < -0.4 is 10.1 Å². The van der Waals surface area contributed by atoms with Crippen molar-refractivity contribution in [1.82, 2.24) is 15.0 Å². The highest BCUT2D eigenvalue weighted by Crippen LogP contribution is 2.29.